The maximum Gasteiger partial charge on any atom is 0.246 e. The lowest BCUT2D eigenvalue weighted by atomic mass is 9.98. The molecular formula is C19H23N3O2S. The Kier molecular flexibility index (Phi) is 4.72. The molecule has 4 rings (SSSR count). The lowest BCUT2D eigenvalue weighted by molar-refractivity contribution is -0.127. The van der Waals surface area contributed by atoms with Gasteiger partial charge in [-0.3, -0.25) is 4.79 Å². The van der Waals surface area contributed by atoms with Crippen LogP contribution in [0.1, 0.15) is 35.0 Å². The second-order valence-corrected chi connectivity index (χ2v) is 7.87. The molecule has 0 unspecified atom stereocenters. The molecule has 6 heteroatoms. The molecule has 3 heterocycles. The first kappa shape index (κ1) is 16.5. The van der Waals surface area contributed by atoms with E-state index in [-0.39, 0.29) is 11.8 Å². The predicted octanol–water partition coefficient (Wildman–Crippen LogP) is 3.14. The van der Waals surface area contributed by atoms with E-state index in [9.17, 15) is 4.79 Å². The Morgan fingerprint density at radius 2 is 2.36 bits per heavy atom. The molecule has 0 saturated heterocycles. The summed E-state index contributed by atoms with van der Waals surface area (Å²) in [6.07, 6.45) is 8.14. The molecule has 5 nitrogen and oxygen atoms in total. The summed E-state index contributed by atoms with van der Waals surface area (Å²) in [7, 11) is 1.72. The quantitative estimate of drug-likeness (QED) is 0.746. The van der Waals surface area contributed by atoms with E-state index < -0.39 is 0 Å². The van der Waals surface area contributed by atoms with Gasteiger partial charge >= 0.3 is 0 Å². The smallest absolute Gasteiger partial charge is 0.246 e. The number of hydrogen-bond acceptors (Lipinski definition) is 4. The van der Waals surface area contributed by atoms with Crippen molar-refractivity contribution in [1.82, 2.24) is 14.5 Å². The summed E-state index contributed by atoms with van der Waals surface area (Å²) in [6.45, 7) is 2.93. The molecule has 0 N–H and O–H groups in total. The Balaban J connectivity index is 1.52. The summed E-state index contributed by atoms with van der Waals surface area (Å²) in [4.78, 5) is 20.2. The van der Waals surface area contributed by atoms with Crippen molar-refractivity contribution in [3.05, 3.63) is 46.2 Å². The fraction of sp³-hybridized carbons (Fsp3) is 0.474. The number of amides is 1. The third-order valence-corrected chi connectivity index (χ3v) is 5.73. The second-order valence-electron chi connectivity index (χ2n) is 6.89. The number of nitrogens with zero attached hydrogens (tertiary/aromatic N) is 3. The van der Waals surface area contributed by atoms with Crippen LogP contribution in [0.3, 0.4) is 0 Å². The maximum absolute atomic E-state index is 12.6. The largest absolute Gasteiger partial charge is 0.384 e. The molecule has 0 bridgehead atoms. The number of aromatic nitrogens is 2. The van der Waals surface area contributed by atoms with Crippen molar-refractivity contribution in [2.24, 2.45) is 5.92 Å². The van der Waals surface area contributed by atoms with Gasteiger partial charge in [-0.05, 0) is 36.3 Å². The molecule has 0 spiro atoms. The molecule has 0 radical (unpaired) electrons. The van der Waals surface area contributed by atoms with Gasteiger partial charge in [-0.2, -0.15) is 0 Å². The zero-order valence-electron chi connectivity index (χ0n) is 14.4. The molecule has 1 amide bonds. The minimum absolute atomic E-state index is 0.0388. The Bertz CT molecular complexity index is 762. The van der Waals surface area contributed by atoms with Crippen molar-refractivity contribution in [2.75, 3.05) is 20.3 Å². The number of methoxy groups -OCH3 is 1. The minimum atomic E-state index is 0.0388. The van der Waals surface area contributed by atoms with Gasteiger partial charge in [0.2, 0.25) is 5.91 Å². The number of hydrogen-bond donors (Lipinski definition) is 0. The van der Waals surface area contributed by atoms with Crippen LogP contribution in [0.25, 0.3) is 6.08 Å². The van der Waals surface area contributed by atoms with Crippen LogP contribution in [0.4, 0.5) is 0 Å². The number of imidazole rings is 1. The lowest BCUT2D eigenvalue weighted by Crippen LogP contribution is -2.39. The number of carbonyl (C=O) groups excluding carboxylic acids is 1. The van der Waals surface area contributed by atoms with Crippen LogP contribution in [-0.4, -0.2) is 40.6 Å². The van der Waals surface area contributed by atoms with Crippen LogP contribution in [0.5, 0.6) is 0 Å². The van der Waals surface area contributed by atoms with Crippen molar-refractivity contribution < 1.29 is 9.53 Å². The number of rotatable bonds is 6. The summed E-state index contributed by atoms with van der Waals surface area (Å²) in [5.41, 5.74) is 2.28. The molecule has 2 aliphatic rings. The van der Waals surface area contributed by atoms with Crippen molar-refractivity contribution in [3.8, 4) is 0 Å². The van der Waals surface area contributed by atoms with Crippen molar-refractivity contribution in [1.29, 1.82) is 0 Å². The third-order valence-electron chi connectivity index (χ3n) is 4.89. The van der Waals surface area contributed by atoms with Gasteiger partial charge in [-0.25, -0.2) is 4.98 Å². The SMILES string of the molecule is COC[C@H]1CN(C(=O)/C=C/c2cccs2)Cc2ncn(CC3CC3)c21. The molecule has 2 aromatic heterocycles. The normalized spacial score (nSPS) is 20.2. The Hall–Kier alpha value is -1.92. The summed E-state index contributed by atoms with van der Waals surface area (Å²) in [6, 6.07) is 4.00. The molecule has 1 saturated carbocycles. The van der Waals surface area contributed by atoms with E-state index in [1.165, 1.54) is 18.5 Å². The highest BCUT2D eigenvalue weighted by Gasteiger charge is 2.33. The van der Waals surface area contributed by atoms with Gasteiger partial charge in [-0.1, -0.05) is 6.07 Å². The monoisotopic (exact) mass is 357 g/mol. The Labute approximate surface area is 151 Å². The maximum atomic E-state index is 12.6. The van der Waals surface area contributed by atoms with E-state index in [0.717, 1.165) is 23.0 Å². The molecule has 1 aliphatic heterocycles. The van der Waals surface area contributed by atoms with Gasteiger partial charge in [0, 0.05) is 42.8 Å². The summed E-state index contributed by atoms with van der Waals surface area (Å²) >= 11 is 1.63. The first-order chi connectivity index (χ1) is 12.2. The molecular weight excluding hydrogens is 334 g/mol. The van der Waals surface area contributed by atoms with Crippen molar-refractivity contribution in [2.45, 2.75) is 31.8 Å². The molecule has 1 fully saturated rings. The first-order valence-corrected chi connectivity index (χ1v) is 9.66. The summed E-state index contributed by atoms with van der Waals surface area (Å²) in [5, 5.41) is 2.01. The highest BCUT2D eigenvalue weighted by Crippen LogP contribution is 2.34. The van der Waals surface area contributed by atoms with Crippen LogP contribution >= 0.6 is 11.3 Å². The van der Waals surface area contributed by atoms with Crippen LogP contribution in [0.2, 0.25) is 0 Å². The topological polar surface area (TPSA) is 47.4 Å². The highest BCUT2D eigenvalue weighted by atomic mass is 32.1. The Morgan fingerprint density at radius 1 is 1.48 bits per heavy atom. The number of thiophene rings is 1. The van der Waals surface area contributed by atoms with Gasteiger partial charge in [0.1, 0.15) is 0 Å². The number of ether oxygens (including phenoxy) is 1. The highest BCUT2D eigenvalue weighted by molar-refractivity contribution is 7.10. The molecule has 1 aliphatic carbocycles. The van der Waals surface area contributed by atoms with Crippen LogP contribution < -0.4 is 0 Å². The van der Waals surface area contributed by atoms with Gasteiger partial charge < -0.3 is 14.2 Å². The van der Waals surface area contributed by atoms with E-state index in [4.69, 9.17) is 4.74 Å². The van der Waals surface area contributed by atoms with Gasteiger partial charge in [0.25, 0.3) is 0 Å². The first-order valence-electron chi connectivity index (χ1n) is 8.78. The molecule has 25 heavy (non-hydrogen) atoms. The fourth-order valence-corrected chi connectivity index (χ4v) is 4.11. The average molecular weight is 357 g/mol. The summed E-state index contributed by atoms with van der Waals surface area (Å²) in [5.74, 6) is 1.03. The van der Waals surface area contributed by atoms with E-state index in [2.05, 4.69) is 9.55 Å². The van der Waals surface area contributed by atoms with Crippen molar-refractivity contribution in [3.63, 3.8) is 0 Å². The number of carbonyl (C=O) groups is 1. The zero-order chi connectivity index (χ0) is 17.2. The zero-order valence-corrected chi connectivity index (χ0v) is 15.2. The Morgan fingerprint density at radius 3 is 3.08 bits per heavy atom. The van der Waals surface area contributed by atoms with E-state index in [0.29, 0.717) is 19.7 Å². The van der Waals surface area contributed by atoms with Gasteiger partial charge in [0.05, 0.1) is 25.2 Å². The van der Waals surface area contributed by atoms with Crippen LogP contribution in [-0.2, 0) is 22.6 Å². The van der Waals surface area contributed by atoms with Gasteiger partial charge in [-0.15, -0.1) is 11.3 Å². The van der Waals surface area contributed by atoms with E-state index in [1.54, 1.807) is 24.5 Å². The third kappa shape index (κ3) is 3.70. The minimum Gasteiger partial charge on any atom is -0.384 e. The lowest BCUT2D eigenvalue weighted by Gasteiger charge is -2.32. The standard InChI is InChI=1S/C19H23N3O2S/c1-24-12-15-10-21(18(23)7-6-16-3-2-8-25-16)11-17-19(15)22(13-20-17)9-14-4-5-14/h2-3,6-8,13-15H,4-5,9-12H2,1H3/b7-6+/t15-/m1/s1. The van der Waals surface area contributed by atoms with Gasteiger partial charge in [0.15, 0.2) is 0 Å². The summed E-state index contributed by atoms with van der Waals surface area (Å²) < 4.78 is 7.73. The van der Waals surface area contributed by atoms with Crippen LogP contribution in [0, 0.1) is 5.92 Å². The molecule has 0 aromatic carbocycles. The van der Waals surface area contributed by atoms with E-state index >= 15 is 0 Å². The van der Waals surface area contributed by atoms with Crippen molar-refractivity contribution >= 4 is 23.3 Å². The molecule has 132 valence electrons. The number of fused-ring (bicyclic) bond motifs is 1. The van der Waals surface area contributed by atoms with Crippen LogP contribution in [0.15, 0.2) is 29.9 Å². The van der Waals surface area contributed by atoms with E-state index in [1.807, 2.05) is 34.8 Å². The molecule has 2 aromatic rings. The molecule has 1 atom stereocenters. The predicted molar refractivity (Wildman–Crippen MR) is 98.3 cm³/mol. The average Bonchev–Trinajstić information content (AvgIpc) is 3.10. The fourth-order valence-electron chi connectivity index (χ4n) is 3.49. The second kappa shape index (κ2) is 7.14.